The molecule has 126 valence electrons. The summed E-state index contributed by atoms with van der Waals surface area (Å²) in [6.07, 6.45) is -3.83. The third-order valence-corrected chi connectivity index (χ3v) is 4.19. The van der Waals surface area contributed by atoms with Crippen molar-refractivity contribution in [3.63, 3.8) is 0 Å². The molecule has 0 aliphatic heterocycles. The summed E-state index contributed by atoms with van der Waals surface area (Å²) < 4.78 is 78.6. The Labute approximate surface area is 130 Å². The molecule has 4 nitrogen and oxygen atoms in total. The van der Waals surface area contributed by atoms with Gasteiger partial charge in [-0.1, -0.05) is 29.8 Å². The molecule has 0 radical (unpaired) electrons. The first-order chi connectivity index (χ1) is 10.1. The van der Waals surface area contributed by atoms with Crippen LogP contribution in [0.4, 0.5) is 17.6 Å². The van der Waals surface area contributed by atoms with Gasteiger partial charge in [-0.15, -0.1) is 0 Å². The van der Waals surface area contributed by atoms with E-state index in [2.05, 4.69) is 9.46 Å². The second kappa shape index (κ2) is 8.09. The summed E-state index contributed by atoms with van der Waals surface area (Å²) >= 11 is 5.82. The molecule has 1 aromatic carbocycles. The number of sulfonamides is 1. The lowest BCUT2D eigenvalue weighted by molar-refractivity contribution is -0.165. The molecular weight excluding hydrogens is 350 g/mol. The molecule has 0 amide bonds. The van der Waals surface area contributed by atoms with Gasteiger partial charge in [0.15, 0.2) is 0 Å². The van der Waals surface area contributed by atoms with Gasteiger partial charge in [0.25, 0.3) is 0 Å². The quantitative estimate of drug-likeness (QED) is 0.542. The molecule has 0 spiro atoms. The number of hydrogen-bond acceptors (Lipinski definition) is 3. The first-order valence-electron chi connectivity index (χ1n) is 6.08. The molecule has 0 saturated heterocycles. The predicted octanol–water partition coefficient (Wildman–Crippen LogP) is 2.68. The maximum absolute atomic E-state index is 12.5. The highest BCUT2D eigenvalue weighted by molar-refractivity contribution is 7.88. The first kappa shape index (κ1) is 19.1. The summed E-state index contributed by atoms with van der Waals surface area (Å²) in [6.45, 7) is -2.24. The van der Waals surface area contributed by atoms with E-state index in [-0.39, 0.29) is 17.3 Å². The van der Waals surface area contributed by atoms with E-state index in [0.717, 1.165) is 0 Å². The first-order valence-corrected chi connectivity index (χ1v) is 8.11. The zero-order chi connectivity index (χ0) is 16.8. The van der Waals surface area contributed by atoms with Gasteiger partial charge in [0.2, 0.25) is 10.0 Å². The second-order valence-corrected chi connectivity index (χ2v) is 6.57. The fraction of sp³-hybridized carbons (Fsp3) is 0.500. The molecule has 1 aromatic rings. The Kier molecular flexibility index (Phi) is 7.04. The third-order valence-electron chi connectivity index (χ3n) is 2.49. The Balaban J connectivity index is 2.37. The Morgan fingerprint density at radius 3 is 2.50 bits per heavy atom. The number of hydrogen-bond donors (Lipinski definition) is 1. The van der Waals surface area contributed by atoms with Gasteiger partial charge < -0.3 is 4.74 Å². The molecule has 0 atom stereocenters. The topological polar surface area (TPSA) is 55.4 Å². The van der Waals surface area contributed by atoms with Crippen LogP contribution < -0.4 is 4.72 Å². The molecule has 1 rings (SSSR count). The minimum absolute atomic E-state index is 0.278. The van der Waals surface area contributed by atoms with Gasteiger partial charge in [-0.2, -0.15) is 8.78 Å². The summed E-state index contributed by atoms with van der Waals surface area (Å²) in [5, 5.41) is 0.278. The molecule has 22 heavy (non-hydrogen) atoms. The van der Waals surface area contributed by atoms with E-state index in [1.807, 2.05) is 0 Å². The van der Waals surface area contributed by atoms with Crippen molar-refractivity contribution in [2.45, 2.75) is 18.1 Å². The van der Waals surface area contributed by atoms with Gasteiger partial charge >= 0.3 is 12.3 Å². The molecule has 1 N–H and O–H groups in total. The van der Waals surface area contributed by atoms with Crippen molar-refractivity contribution in [2.75, 3.05) is 19.8 Å². The number of rotatable bonds is 9. The van der Waals surface area contributed by atoms with Crippen LogP contribution in [0.5, 0.6) is 0 Å². The van der Waals surface area contributed by atoms with Crippen LogP contribution in [-0.2, 0) is 20.5 Å². The number of nitrogens with one attached hydrogen (secondary N) is 1. The molecule has 0 fully saturated rings. The zero-order valence-corrected chi connectivity index (χ0v) is 12.8. The van der Waals surface area contributed by atoms with E-state index in [0.29, 0.717) is 5.56 Å². The minimum atomic E-state index is -4.25. The molecule has 10 heteroatoms. The lowest BCUT2D eigenvalue weighted by Crippen LogP contribution is -2.34. The molecule has 0 unspecified atom stereocenters. The van der Waals surface area contributed by atoms with Crippen molar-refractivity contribution in [2.24, 2.45) is 0 Å². The van der Waals surface area contributed by atoms with Crippen LogP contribution in [0.1, 0.15) is 5.56 Å². The predicted molar refractivity (Wildman–Crippen MR) is 73.8 cm³/mol. The van der Waals surface area contributed by atoms with Gasteiger partial charge in [-0.05, 0) is 11.6 Å². The van der Waals surface area contributed by atoms with Gasteiger partial charge in [0, 0.05) is 11.6 Å². The van der Waals surface area contributed by atoms with Crippen molar-refractivity contribution in [1.29, 1.82) is 0 Å². The number of ether oxygens (including phenoxy) is 1. The van der Waals surface area contributed by atoms with Crippen LogP contribution in [0.2, 0.25) is 5.02 Å². The lowest BCUT2D eigenvalue weighted by Gasteiger charge is -2.15. The van der Waals surface area contributed by atoms with Crippen LogP contribution in [0.15, 0.2) is 24.3 Å². The van der Waals surface area contributed by atoms with E-state index in [1.54, 1.807) is 12.1 Å². The van der Waals surface area contributed by atoms with Crippen LogP contribution >= 0.6 is 11.6 Å². The highest BCUT2D eigenvalue weighted by atomic mass is 35.5. The van der Waals surface area contributed by atoms with E-state index >= 15 is 0 Å². The molecule has 0 bridgehead atoms. The van der Waals surface area contributed by atoms with Crippen molar-refractivity contribution in [3.8, 4) is 0 Å². The van der Waals surface area contributed by atoms with Gasteiger partial charge in [-0.25, -0.2) is 21.9 Å². The van der Waals surface area contributed by atoms with Crippen LogP contribution in [-0.4, -0.2) is 40.5 Å². The smallest absolute Gasteiger partial charge is 0.330 e. The van der Waals surface area contributed by atoms with E-state index < -0.39 is 35.6 Å². The SMILES string of the molecule is O=S(=O)(Cc1ccccc1Cl)NCCOCC(F)(F)C(F)F. The normalized spacial score (nSPS) is 12.8. The second-order valence-electron chi connectivity index (χ2n) is 4.36. The third kappa shape index (κ3) is 6.47. The zero-order valence-electron chi connectivity index (χ0n) is 11.2. The summed E-state index contributed by atoms with van der Waals surface area (Å²) in [5.74, 6) is -4.64. The van der Waals surface area contributed by atoms with E-state index in [9.17, 15) is 26.0 Å². The molecular formula is C12H14ClF4NO3S. The van der Waals surface area contributed by atoms with Crippen LogP contribution in [0.25, 0.3) is 0 Å². The highest BCUT2D eigenvalue weighted by Gasteiger charge is 2.40. The fourth-order valence-corrected chi connectivity index (χ4v) is 2.85. The largest absolute Gasteiger partial charge is 0.374 e. The molecule has 0 heterocycles. The summed E-state index contributed by atoms with van der Waals surface area (Å²) in [7, 11) is -3.74. The Morgan fingerprint density at radius 2 is 1.91 bits per heavy atom. The molecule has 0 aliphatic rings. The molecule has 0 aliphatic carbocycles. The van der Waals surface area contributed by atoms with Gasteiger partial charge in [0.1, 0.15) is 6.61 Å². The van der Waals surface area contributed by atoms with Gasteiger partial charge in [0.05, 0.1) is 12.4 Å². The Morgan fingerprint density at radius 1 is 1.27 bits per heavy atom. The van der Waals surface area contributed by atoms with Crippen molar-refractivity contribution in [3.05, 3.63) is 34.9 Å². The Hall–Kier alpha value is -0.900. The average Bonchev–Trinajstić information content (AvgIpc) is 2.40. The number of halogens is 5. The van der Waals surface area contributed by atoms with E-state index in [1.165, 1.54) is 12.1 Å². The Bertz CT molecular complexity index is 583. The number of alkyl halides is 4. The van der Waals surface area contributed by atoms with Gasteiger partial charge in [-0.3, -0.25) is 0 Å². The standard InChI is InChI=1S/C12H14ClF4NO3S/c13-10-4-2-1-3-9(10)7-22(19,20)18-5-6-21-8-12(16,17)11(14)15/h1-4,11,18H,5-8H2. The monoisotopic (exact) mass is 363 g/mol. The number of benzene rings is 1. The van der Waals surface area contributed by atoms with Crippen molar-refractivity contribution < 1.29 is 30.7 Å². The average molecular weight is 364 g/mol. The van der Waals surface area contributed by atoms with Crippen molar-refractivity contribution >= 4 is 21.6 Å². The molecule has 0 aromatic heterocycles. The maximum atomic E-state index is 12.5. The van der Waals surface area contributed by atoms with E-state index in [4.69, 9.17) is 11.6 Å². The highest BCUT2D eigenvalue weighted by Crippen LogP contribution is 2.22. The minimum Gasteiger partial charge on any atom is -0.374 e. The maximum Gasteiger partial charge on any atom is 0.330 e. The van der Waals surface area contributed by atoms with Crippen LogP contribution in [0.3, 0.4) is 0 Å². The fourth-order valence-electron chi connectivity index (χ4n) is 1.41. The molecule has 0 saturated carbocycles. The van der Waals surface area contributed by atoms with Crippen molar-refractivity contribution in [1.82, 2.24) is 4.72 Å². The summed E-state index contributed by atoms with van der Waals surface area (Å²) in [4.78, 5) is 0. The summed E-state index contributed by atoms with van der Waals surface area (Å²) in [6, 6.07) is 6.32. The van der Waals surface area contributed by atoms with Crippen LogP contribution in [0, 0.1) is 0 Å². The summed E-state index contributed by atoms with van der Waals surface area (Å²) in [5.41, 5.74) is 0.377. The lowest BCUT2D eigenvalue weighted by atomic mass is 10.2.